The van der Waals surface area contributed by atoms with Gasteiger partial charge in [-0.05, 0) is 40.9 Å². The van der Waals surface area contributed by atoms with Crippen molar-refractivity contribution < 1.29 is 0 Å². The van der Waals surface area contributed by atoms with Crippen molar-refractivity contribution in [3.63, 3.8) is 0 Å². The molecule has 1 heterocycles. The molecule has 2 nitrogen and oxygen atoms in total. The monoisotopic (exact) mass is 524 g/mol. The van der Waals surface area contributed by atoms with Crippen molar-refractivity contribution in [2.75, 3.05) is 0 Å². The van der Waals surface area contributed by atoms with E-state index in [2.05, 4.69) is 127 Å². The first kappa shape index (κ1) is 28.1. The third kappa shape index (κ3) is 7.16. The Hall–Kier alpha value is -3.89. The second-order valence-corrected chi connectivity index (χ2v) is 12.0. The van der Waals surface area contributed by atoms with Gasteiger partial charge < -0.3 is 4.57 Å². The lowest BCUT2D eigenvalue weighted by atomic mass is 9.76. The van der Waals surface area contributed by atoms with Crippen LogP contribution < -0.4 is 0 Å². The smallest absolute Gasteiger partial charge is 0.0953 e. The summed E-state index contributed by atoms with van der Waals surface area (Å²) in [6.07, 6.45) is 10.5. The topological polar surface area (TPSA) is 17.8 Å². The fraction of sp³-hybridized carbons (Fsp3) is 0.171. The van der Waals surface area contributed by atoms with E-state index in [1.54, 1.807) is 0 Å². The maximum absolute atomic E-state index is 6.12. The Bertz CT molecular complexity index is 1290. The third-order valence-corrected chi connectivity index (χ3v) is 10.4. The van der Waals surface area contributed by atoms with Gasteiger partial charge in [0.2, 0.25) is 0 Å². The Morgan fingerprint density at radius 2 is 1.23 bits per heavy atom. The first-order valence-electron chi connectivity index (χ1n) is 13.7. The van der Waals surface area contributed by atoms with Crippen molar-refractivity contribution in [1.82, 2.24) is 9.55 Å². The Labute approximate surface area is 237 Å². The average molecular weight is 525 g/mol. The molecule has 0 spiro atoms. The van der Waals surface area contributed by atoms with Crippen LogP contribution in [0.15, 0.2) is 152 Å². The Balaban J connectivity index is 0.000000212. The Morgan fingerprint density at radius 1 is 0.769 bits per heavy atom. The van der Waals surface area contributed by atoms with Gasteiger partial charge in [-0.3, -0.25) is 0 Å². The first-order valence-corrected chi connectivity index (χ1v) is 15.4. The summed E-state index contributed by atoms with van der Waals surface area (Å²) in [7, 11) is 5.57. The lowest BCUT2D eigenvalue weighted by Crippen LogP contribution is -2.42. The van der Waals surface area contributed by atoms with Gasteiger partial charge in [-0.1, -0.05) is 146 Å². The first-order chi connectivity index (χ1) is 19.1. The zero-order chi connectivity index (χ0) is 27.3. The van der Waals surface area contributed by atoms with Crippen molar-refractivity contribution in [2.45, 2.75) is 30.9 Å². The van der Waals surface area contributed by atoms with Gasteiger partial charge in [-0.15, -0.1) is 0 Å². The maximum Gasteiger partial charge on any atom is 0.0953 e. The van der Waals surface area contributed by atoms with Gasteiger partial charge in [0, 0.05) is 12.4 Å². The molecule has 1 aromatic heterocycles. The van der Waals surface area contributed by atoms with Gasteiger partial charge in [0.15, 0.2) is 0 Å². The minimum absolute atomic E-state index is 0.0163. The van der Waals surface area contributed by atoms with E-state index in [0.717, 1.165) is 11.1 Å². The highest BCUT2D eigenvalue weighted by atomic mass is 28.2. The minimum Gasteiger partial charge on any atom is -0.327 e. The zero-order valence-electron chi connectivity index (χ0n) is 23.0. The lowest BCUT2D eigenvalue weighted by molar-refractivity contribution is 0.585. The van der Waals surface area contributed by atoms with Crippen LogP contribution in [0.1, 0.15) is 41.9 Å². The van der Waals surface area contributed by atoms with Crippen LogP contribution in [0.3, 0.4) is 0 Å². The number of hydrogen-bond acceptors (Lipinski definition) is 1. The molecule has 5 rings (SSSR count). The molecule has 0 aliphatic carbocycles. The maximum atomic E-state index is 6.12. The summed E-state index contributed by atoms with van der Waals surface area (Å²) in [6, 6.07) is 43.3. The molecule has 5 aromatic rings. The van der Waals surface area contributed by atoms with E-state index < -0.39 is 9.52 Å². The molecule has 194 valence electrons. The highest BCUT2D eigenvalue weighted by Crippen LogP contribution is 2.35. The standard InChI is InChI=1S/C22H26N2Si.C13H11B/c1-3-10-19(2)17-25-22(24-16-15-23-18-24,20-11-6-4-7-12-20)21-13-8-5-9-14-21;14-13(11-7-3-1-4-8-11)12-9-5-2-6-10-12/h3-16,18-19H,17,25H2,1-2H3;1-10,13H. The number of aromatic nitrogens is 2. The predicted molar refractivity (Wildman–Crippen MR) is 169 cm³/mol. The van der Waals surface area contributed by atoms with Gasteiger partial charge in [0.05, 0.1) is 28.9 Å². The second-order valence-electron chi connectivity index (χ2n) is 9.90. The van der Waals surface area contributed by atoms with Gasteiger partial charge in [-0.2, -0.15) is 0 Å². The predicted octanol–water partition coefficient (Wildman–Crippen LogP) is 7.38. The summed E-state index contributed by atoms with van der Waals surface area (Å²) in [5, 5.41) is -0.102. The number of imidazole rings is 1. The van der Waals surface area contributed by atoms with Crippen molar-refractivity contribution in [3.05, 3.63) is 174 Å². The van der Waals surface area contributed by atoms with E-state index in [0.29, 0.717) is 5.92 Å². The number of rotatable bonds is 9. The van der Waals surface area contributed by atoms with Crippen LogP contribution in [-0.2, 0) is 5.16 Å². The van der Waals surface area contributed by atoms with Crippen LogP contribution >= 0.6 is 0 Å². The Kier molecular flexibility index (Phi) is 10.3. The third-order valence-electron chi connectivity index (χ3n) is 7.25. The zero-order valence-corrected chi connectivity index (χ0v) is 24.4. The largest absolute Gasteiger partial charge is 0.327 e. The average Bonchev–Trinajstić information content (AvgIpc) is 3.55. The van der Waals surface area contributed by atoms with Crippen LogP contribution in [0.25, 0.3) is 0 Å². The quantitative estimate of drug-likeness (QED) is 0.145. The van der Waals surface area contributed by atoms with Crippen LogP contribution in [0.2, 0.25) is 6.04 Å². The molecule has 4 aromatic carbocycles. The SMILES string of the molecule is CC=CC(C)C[SiH2]C(c1ccccc1)(c1ccccc1)n1ccnc1.[B]C(c1ccccc1)c1ccccc1. The van der Waals surface area contributed by atoms with Crippen LogP contribution in [-0.4, -0.2) is 26.9 Å². The number of hydrogen-bond donors (Lipinski definition) is 0. The number of nitrogens with zero attached hydrogens (tertiary/aromatic N) is 2. The molecule has 2 radical (unpaired) electrons. The summed E-state index contributed by atoms with van der Waals surface area (Å²) in [5.74, 6) is 0.587. The highest BCUT2D eigenvalue weighted by molar-refractivity contribution is 6.41. The molecular weight excluding hydrogens is 487 g/mol. The fourth-order valence-electron chi connectivity index (χ4n) is 5.17. The molecular formula is C35H37BN2Si. The second kappa shape index (κ2) is 14.3. The summed E-state index contributed by atoms with van der Waals surface area (Å²) >= 11 is 0. The molecule has 0 bridgehead atoms. The van der Waals surface area contributed by atoms with E-state index in [9.17, 15) is 0 Å². The van der Waals surface area contributed by atoms with Crippen LogP contribution in [0.4, 0.5) is 0 Å². The van der Waals surface area contributed by atoms with E-state index in [-0.39, 0.29) is 11.0 Å². The molecule has 4 heteroatoms. The van der Waals surface area contributed by atoms with Gasteiger partial charge >= 0.3 is 0 Å². The fourth-order valence-corrected chi connectivity index (χ4v) is 7.73. The summed E-state index contributed by atoms with van der Waals surface area (Å²) < 4.78 is 2.33. The Morgan fingerprint density at radius 3 is 1.64 bits per heavy atom. The molecule has 0 fully saturated rings. The van der Waals surface area contributed by atoms with Crippen LogP contribution in [0, 0.1) is 5.92 Å². The summed E-state index contributed by atoms with van der Waals surface area (Å²) in [5.41, 5.74) is 5.02. The molecule has 0 saturated carbocycles. The van der Waals surface area contributed by atoms with E-state index in [1.807, 2.05) is 48.9 Å². The van der Waals surface area contributed by atoms with E-state index in [4.69, 9.17) is 7.85 Å². The van der Waals surface area contributed by atoms with Gasteiger partial charge in [0.25, 0.3) is 0 Å². The van der Waals surface area contributed by atoms with Crippen molar-refractivity contribution in [1.29, 1.82) is 0 Å². The normalized spacial score (nSPS) is 12.5. The molecule has 1 atom stereocenters. The lowest BCUT2D eigenvalue weighted by Gasteiger charge is -2.37. The van der Waals surface area contributed by atoms with Gasteiger partial charge in [0.1, 0.15) is 0 Å². The van der Waals surface area contributed by atoms with Crippen molar-refractivity contribution in [3.8, 4) is 0 Å². The molecule has 0 aliphatic heterocycles. The number of allylic oxidation sites excluding steroid dienone is 2. The molecule has 0 amide bonds. The molecule has 1 unspecified atom stereocenters. The summed E-state index contributed by atoms with van der Waals surface area (Å²) in [6.45, 7) is 4.43. The molecule has 0 aliphatic rings. The van der Waals surface area contributed by atoms with Gasteiger partial charge in [-0.25, -0.2) is 4.98 Å². The molecule has 0 saturated heterocycles. The van der Waals surface area contributed by atoms with Crippen molar-refractivity contribution in [2.24, 2.45) is 5.92 Å². The highest BCUT2D eigenvalue weighted by Gasteiger charge is 2.35. The minimum atomic E-state index is -0.543. The van der Waals surface area contributed by atoms with Crippen LogP contribution in [0.5, 0.6) is 0 Å². The molecule has 0 N–H and O–H groups in total. The van der Waals surface area contributed by atoms with Crippen molar-refractivity contribution >= 4 is 17.4 Å². The number of benzene rings is 4. The van der Waals surface area contributed by atoms with E-state index in [1.165, 1.54) is 17.2 Å². The molecule has 39 heavy (non-hydrogen) atoms. The summed E-state index contributed by atoms with van der Waals surface area (Å²) in [4.78, 5) is 4.37. The van der Waals surface area contributed by atoms with E-state index >= 15 is 0 Å².